The molecule has 0 aliphatic heterocycles. The van der Waals surface area contributed by atoms with Gasteiger partial charge in [-0.25, -0.2) is 9.78 Å². The lowest BCUT2D eigenvalue weighted by molar-refractivity contribution is 0.0400. The average molecular weight is 422 g/mol. The van der Waals surface area contributed by atoms with Crippen LogP contribution in [0.4, 0.5) is 4.79 Å². The highest BCUT2D eigenvalue weighted by atomic mass is 35.5. The van der Waals surface area contributed by atoms with Crippen molar-refractivity contribution < 1.29 is 23.8 Å². The smallest absolute Gasteiger partial charge is 0.407 e. The Kier molecular flexibility index (Phi) is 10.6. The summed E-state index contributed by atoms with van der Waals surface area (Å²) in [5.74, 6) is -0.190. The minimum Gasteiger partial charge on any atom is -0.444 e. The summed E-state index contributed by atoms with van der Waals surface area (Å²) in [4.78, 5) is 28.1. The first kappa shape index (κ1) is 23.6. The zero-order valence-electron chi connectivity index (χ0n) is 16.2. The Morgan fingerprint density at radius 1 is 1.07 bits per heavy atom. The van der Waals surface area contributed by atoms with Gasteiger partial charge in [0.05, 0.1) is 32.1 Å². The Bertz CT molecular complexity index is 604. The normalized spacial score (nSPS) is 11.3. The number of aromatic nitrogens is 1. The van der Waals surface area contributed by atoms with E-state index in [4.69, 9.17) is 25.8 Å². The van der Waals surface area contributed by atoms with Gasteiger partial charge in [-0.3, -0.25) is 4.79 Å². The maximum absolute atomic E-state index is 12.1. The predicted molar refractivity (Wildman–Crippen MR) is 105 cm³/mol. The zero-order valence-corrected chi connectivity index (χ0v) is 17.8. The summed E-state index contributed by atoms with van der Waals surface area (Å²) in [6.45, 7) is 9.62. The van der Waals surface area contributed by atoms with Gasteiger partial charge in [0.15, 0.2) is 4.47 Å². The van der Waals surface area contributed by atoms with Gasteiger partial charge in [0.1, 0.15) is 10.5 Å². The van der Waals surface area contributed by atoms with Crippen molar-refractivity contribution in [2.24, 2.45) is 0 Å². The molecule has 8 nitrogen and oxygen atoms in total. The van der Waals surface area contributed by atoms with Crippen LogP contribution in [-0.4, -0.2) is 62.1 Å². The van der Waals surface area contributed by atoms with E-state index in [0.29, 0.717) is 61.0 Å². The van der Waals surface area contributed by atoms with Crippen LogP contribution in [0.1, 0.15) is 43.1 Å². The van der Waals surface area contributed by atoms with Gasteiger partial charge in [-0.05, 0) is 27.2 Å². The van der Waals surface area contributed by atoms with E-state index in [2.05, 4.69) is 15.6 Å². The number of ether oxygens (including phenoxy) is 3. The zero-order chi connectivity index (χ0) is 20.3. The first-order chi connectivity index (χ1) is 12.7. The highest BCUT2D eigenvalue weighted by molar-refractivity contribution is 7.17. The average Bonchev–Trinajstić information content (AvgIpc) is 2.95. The molecule has 1 rings (SSSR count). The molecule has 0 fully saturated rings. The van der Waals surface area contributed by atoms with Crippen LogP contribution in [0.25, 0.3) is 0 Å². The molecule has 0 saturated heterocycles. The van der Waals surface area contributed by atoms with Crippen molar-refractivity contribution in [2.75, 3.05) is 39.5 Å². The van der Waals surface area contributed by atoms with Gasteiger partial charge >= 0.3 is 6.09 Å². The number of nitrogens with one attached hydrogen (secondary N) is 2. The van der Waals surface area contributed by atoms with Gasteiger partial charge in [-0.1, -0.05) is 29.9 Å². The number of rotatable bonds is 11. The molecular formula is C17H28ClN3O5S. The summed E-state index contributed by atoms with van der Waals surface area (Å²) in [6.07, 6.45) is 0.189. The molecule has 0 radical (unpaired) electrons. The van der Waals surface area contributed by atoms with E-state index in [1.54, 1.807) is 20.8 Å². The number of aryl methyl sites for hydroxylation is 1. The molecule has 0 aliphatic carbocycles. The highest BCUT2D eigenvalue weighted by Gasteiger charge is 2.16. The van der Waals surface area contributed by atoms with Crippen molar-refractivity contribution in [3.8, 4) is 0 Å². The molecular weight excluding hydrogens is 394 g/mol. The molecule has 0 spiro atoms. The molecule has 1 aromatic rings. The summed E-state index contributed by atoms with van der Waals surface area (Å²) in [7, 11) is 0. The topological polar surface area (TPSA) is 98.8 Å². The number of thiazole rings is 1. The van der Waals surface area contributed by atoms with Crippen molar-refractivity contribution in [2.45, 2.75) is 39.7 Å². The third-order valence-corrected chi connectivity index (χ3v) is 4.23. The van der Waals surface area contributed by atoms with Gasteiger partial charge in [-0.15, -0.1) is 0 Å². The van der Waals surface area contributed by atoms with Crippen LogP contribution in [-0.2, 0) is 20.6 Å². The fourth-order valence-electron chi connectivity index (χ4n) is 1.92. The van der Waals surface area contributed by atoms with Crippen LogP contribution >= 0.6 is 22.9 Å². The molecule has 1 heterocycles. The molecule has 0 aromatic carbocycles. The summed E-state index contributed by atoms with van der Waals surface area (Å²) in [5, 5.41) is 5.38. The van der Waals surface area contributed by atoms with E-state index in [9.17, 15) is 9.59 Å². The molecule has 2 N–H and O–H groups in total. The summed E-state index contributed by atoms with van der Waals surface area (Å²) < 4.78 is 16.2. The third kappa shape index (κ3) is 10.5. The molecule has 2 amide bonds. The summed E-state index contributed by atoms with van der Waals surface area (Å²) >= 11 is 7.02. The Morgan fingerprint density at radius 3 is 2.22 bits per heavy atom. The van der Waals surface area contributed by atoms with Crippen LogP contribution in [0.2, 0.25) is 4.47 Å². The molecule has 1 aromatic heterocycles. The number of carbonyl (C=O) groups is 2. The number of halogens is 1. The fourth-order valence-corrected chi connectivity index (χ4v) is 3.05. The number of carbonyl (C=O) groups excluding carboxylic acids is 2. The maximum Gasteiger partial charge on any atom is 0.407 e. The van der Waals surface area contributed by atoms with Crippen LogP contribution in [0.15, 0.2) is 0 Å². The number of hydrogen-bond acceptors (Lipinski definition) is 7. The van der Waals surface area contributed by atoms with Crippen molar-refractivity contribution >= 4 is 34.9 Å². The Labute approximate surface area is 168 Å². The molecule has 0 atom stereocenters. The Morgan fingerprint density at radius 2 is 1.67 bits per heavy atom. The minimum absolute atomic E-state index is 0.190. The van der Waals surface area contributed by atoms with E-state index in [0.717, 1.165) is 0 Å². The second-order valence-electron chi connectivity index (χ2n) is 6.51. The van der Waals surface area contributed by atoms with Crippen molar-refractivity contribution in [1.82, 2.24) is 15.6 Å². The predicted octanol–water partition coefficient (Wildman–Crippen LogP) is 2.65. The third-order valence-electron chi connectivity index (χ3n) is 3.03. The summed E-state index contributed by atoms with van der Waals surface area (Å²) in [6, 6.07) is 0. The molecule has 0 unspecified atom stereocenters. The number of hydrogen-bond donors (Lipinski definition) is 2. The Hall–Kier alpha value is -1.42. The van der Waals surface area contributed by atoms with Crippen molar-refractivity contribution in [1.29, 1.82) is 0 Å². The first-order valence-electron chi connectivity index (χ1n) is 8.78. The molecule has 27 heavy (non-hydrogen) atoms. The standard InChI is InChI=1S/C17H28ClN3O5S/c1-5-12-13(27-15(18)21-12)14(22)19-6-8-24-10-11-25-9-7-20-16(23)26-17(2,3)4/h5-11H2,1-4H3,(H,19,22)(H,20,23). The molecule has 154 valence electrons. The van der Waals surface area contributed by atoms with E-state index in [1.807, 2.05) is 6.92 Å². The van der Waals surface area contributed by atoms with E-state index in [1.165, 1.54) is 11.3 Å². The summed E-state index contributed by atoms with van der Waals surface area (Å²) in [5.41, 5.74) is 0.190. The van der Waals surface area contributed by atoms with E-state index in [-0.39, 0.29) is 5.91 Å². The van der Waals surface area contributed by atoms with E-state index >= 15 is 0 Å². The molecule has 0 saturated carbocycles. The molecule has 10 heteroatoms. The van der Waals surface area contributed by atoms with Gasteiger partial charge in [0.25, 0.3) is 5.91 Å². The van der Waals surface area contributed by atoms with E-state index < -0.39 is 11.7 Å². The molecule has 0 bridgehead atoms. The lowest BCUT2D eigenvalue weighted by Crippen LogP contribution is -2.34. The van der Waals surface area contributed by atoms with Crippen LogP contribution < -0.4 is 10.6 Å². The monoisotopic (exact) mass is 421 g/mol. The maximum atomic E-state index is 12.1. The lowest BCUT2D eigenvalue weighted by atomic mass is 10.2. The number of alkyl carbamates (subject to hydrolysis) is 1. The SMILES string of the molecule is CCc1nc(Cl)sc1C(=O)NCCOCCOCCNC(=O)OC(C)(C)C. The van der Waals surface area contributed by atoms with Gasteiger partial charge in [0.2, 0.25) is 0 Å². The quantitative estimate of drug-likeness (QED) is 0.533. The van der Waals surface area contributed by atoms with Crippen molar-refractivity contribution in [3.63, 3.8) is 0 Å². The molecule has 0 aliphatic rings. The van der Waals surface area contributed by atoms with Gasteiger partial charge in [0, 0.05) is 13.1 Å². The number of amides is 2. The largest absolute Gasteiger partial charge is 0.444 e. The van der Waals surface area contributed by atoms with Gasteiger partial charge in [-0.2, -0.15) is 0 Å². The van der Waals surface area contributed by atoms with Crippen LogP contribution in [0.3, 0.4) is 0 Å². The Balaban J connectivity index is 2.00. The van der Waals surface area contributed by atoms with Crippen LogP contribution in [0, 0.1) is 0 Å². The lowest BCUT2D eigenvalue weighted by Gasteiger charge is -2.19. The van der Waals surface area contributed by atoms with Crippen molar-refractivity contribution in [3.05, 3.63) is 15.0 Å². The minimum atomic E-state index is -0.515. The second-order valence-corrected chi connectivity index (χ2v) is 8.09. The number of nitrogens with zero attached hydrogens (tertiary/aromatic N) is 1. The van der Waals surface area contributed by atoms with Gasteiger partial charge < -0.3 is 24.8 Å². The second kappa shape index (κ2) is 12.1. The fraction of sp³-hybridized carbons (Fsp3) is 0.706. The van der Waals surface area contributed by atoms with Crippen LogP contribution in [0.5, 0.6) is 0 Å². The first-order valence-corrected chi connectivity index (χ1v) is 9.98. The highest BCUT2D eigenvalue weighted by Crippen LogP contribution is 2.22.